The standard InChI is InChI=1S/C12H17ClN2O4S/c1-8(14-2)7-15-20(17,18)11-5-4-9(6-10(11)13)12(16)19-3/h4-6,8,14-15H,7H2,1-3H3. The topological polar surface area (TPSA) is 84.5 Å². The van der Waals surface area contributed by atoms with E-state index in [1.165, 1.54) is 25.3 Å². The first-order chi connectivity index (χ1) is 9.31. The molecule has 0 saturated carbocycles. The molecule has 0 spiro atoms. The number of halogens is 1. The van der Waals surface area contributed by atoms with Gasteiger partial charge in [-0.05, 0) is 32.2 Å². The average molecular weight is 321 g/mol. The van der Waals surface area contributed by atoms with Crippen LogP contribution in [0.4, 0.5) is 0 Å². The second-order valence-electron chi connectivity index (χ2n) is 4.18. The van der Waals surface area contributed by atoms with Gasteiger partial charge < -0.3 is 10.1 Å². The summed E-state index contributed by atoms with van der Waals surface area (Å²) >= 11 is 5.92. The molecular weight excluding hydrogens is 304 g/mol. The number of likely N-dealkylation sites (N-methyl/N-ethyl adjacent to an activating group) is 1. The minimum Gasteiger partial charge on any atom is -0.465 e. The Hall–Kier alpha value is -1.15. The summed E-state index contributed by atoms with van der Waals surface area (Å²) < 4.78 is 31.1. The number of hydrogen-bond acceptors (Lipinski definition) is 5. The van der Waals surface area contributed by atoms with Crippen molar-refractivity contribution in [3.63, 3.8) is 0 Å². The molecule has 0 aliphatic rings. The molecule has 0 amide bonds. The fraction of sp³-hybridized carbons (Fsp3) is 0.417. The number of rotatable bonds is 6. The number of ether oxygens (including phenoxy) is 1. The van der Waals surface area contributed by atoms with Crippen LogP contribution in [-0.2, 0) is 14.8 Å². The Morgan fingerprint density at radius 2 is 2.10 bits per heavy atom. The molecule has 2 N–H and O–H groups in total. The van der Waals surface area contributed by atoms with E-state index in [0.717, 1.165) is 0 Å². The van der Waals surface area contributed by atoms with Crippen molar-refractivity contribution in [2.24, 2.45) is 0 Å². The Morgan fingerprint density at radius 3 is 2.60 bits per heavy atom. The molecule has 1 rings (SSSR count). The van der Waals surface area contributed by atoms with Gasteiger partial charge in [-0.25, -0.2) is 17.9 Å². The summed E-state index contributed by atoms with van der Waals surface area (Å²) in [5.41, 5.74) is 0.194. The van der Waals surface area contributed by atoms with Crippen LogP contribution in [0.15, 0.2) is 23.1 Å². The first kappa shape index (κ1) is 16.9. The number of carbonyl (C=O) groups is 1. The van der Waals surface area contributed by atoms with Gasteiger partial charge in [0, 0.05) is 12.6 Å². The van der Waals surface area contributed by atoms with Crippen molar-refractivity contribution < 1.29 is 17.9 Å². The maximum Gasteiger partial charge on any atom is 0.337 e. The zero-order valence-corrected chi connectivity index (χ0v) is 13.0. The predicted octanol–water partition coefficient (Wildman–Crippen LogP) is 1.01. The minimum atomic E-state index is -3.72. The third-order valence-corrected chi connectivity index (χ3v) is 4.62. The van der Waals surface area contributed by atoms with Gasteiger partial charge in [-0.3, -0.25) is 0 Å². The molecular formula is C12H17ClN2O4S. The van der Waals surface area contributed by atoms with Gasteiger partial charge in [-0.1, -0.05) is 11.6 Å². The first-order valence-electron chi connectivity index (χ1n) is 5.86. The molecule has 1 unspecified atom stereocenters. The summed E-state index contributed by atoms with van der Waals surface area (Å²) in [6.45, 7) is 2.07. The van der Waals surface area contributed by atoms with Crippen molar-refractivity contribution >= 4 is 27.6 Å². The van der Waals surface area contributed by atoms with E-state index in [-0.39, 0.29) is 28.1 Å². The Morgan fingerprint density at radius 1 is 1.45 bits per heavy atom. The lowest BCUT2D eigenvalue weighted by Gasteiger charge is -2.13. The lowest BCUT2D eigenvalue weighted by molar-refractivity contribution is 0.0600. The van der Waals surface area contributed by atoms with Crippen LogP contribution in [0.2, 0.25) is 5.02 Å². The van der Waals surface area contributed by atoms with E-state index in [2.05, 4.69) is 14.8 Å². The van der Waals surface area contributed by atoms with Gasteiger partial charge >= 0.3 is 5.97 Å². The van der Waals surface area contributed by atoms with Crippen LogP contribution in [-0.4, -0.2) is 41.1 Å². The molecule has 0 fully saturated rings. The van der Waals surface area contributed by atoms with Gasteiger partial charge in [-0.15, -0.1) is 0 Å². The molecule has 112 valence electrons. The van der Waals surface area contributed by atoms with Gasteiger partial charge in [0.05, 0.1) is 17.7 Å². The van der Waals surface area contributed by atoms with Gasteiger partial charge in [0.15, 0.2) is 0 Å². The molecule has 0 aromatic heterocycles. The van der Waals surface area contributed by atoms with E-state index < -0.39 is 16.0 Å². The summed E-state index contributed by atoms with van der Waals surface area (Å²) in [5, 5.41) is 2.88. The third-order valence-electron chi connectivity index (χ3n) is 2.71. The van der Waals surface area contributed by atoms with Gasteiger partial charge in [-0.2, -0.15) is 0 Å². The number of esters is 1. The van der Waals surface area contributed by atoms with E-state index in [4.69, 9.17) is 11.6 Å². The quantitative estimate of drug-likeness (QED) is 0.764. The molecule has 1 aromatic carbocycles. The maximum atomic E-state index is 12.1. The van der Waals surface area contributed by atoms with E-state index >= 15 is 0 Å². The van der Waals surface area contributed by atoms with Crippen molar-refractivity contribution in [1.82, 2.24) is 10.0 Å². The van der Waals surface area contributed by atoms with Crippen LogP contribution in [0.3, 0.4) is 0 Å². The molecule has 0 aliphatic heterocycles. The van der Waals surface area contributed by atoms with Gasteiger partial charge in [0.25, 0.3) is 0 Å². The normalized spacial score (nSPS) is 13.0. The number of benzene rings is 1. The Labute approximate surface area is 123 Å². The number of nitrogens with one attached hydrogen (secondary N) is 2. The van der Waals surface area contributed by atoms with Crippen LogP contribution >= 0.6 is 11.6 Å². The fourth-order valence-corrected chi connectivity index (χ4v) is 3.05. The smallest absolute Gasteiger partial charge is 0.337 e. The highest BCUT2D eigenvalue weighted by Crippen LogP contribution is 2.22. The lowest BCUT2D eigenvalue weighted by atomic mass is 10.2. The third kappa shape index (κ3) is 4.17. The zero-order chi connectivity index (χ0) is 15.3. The number of hydrogen-bond donors (Lipinski definition) is 2. The van der Waals surface area contributed by atoms with Gasteiger partial charge in [0.1, 0.15) is 4.90 Å². The molecule has 0 saturated heterocycles. The average Bonchev–Trinajstić information content (AvgIpc) is 2.43. The largest absolute Gasteiger partial charge is 0.465 e. The molecule has 0 aliphatic carbocycles. The molecule has 8 heteroatoms. The lowest BCUT2D eigenvalue weighted by Crippen LogP contribution is -2.37. The van der Waals surface area contributed by atoms with Crippen LogP contribution in [0.1, 0.15) is 17.3 Å². The highest BCUT2D eigenvalue weighted by atomic mass is 35.5. The van der Waals surface area contributed by atoms with Crippen molar-refractivity contribution in [3.8, 4) is 0 Å². The van der Waals surface area contributed by atoms with Crippen LogP contribution in [0.25, 0.3) is 0 Å². The van der Waals surface area contributed by atoms with Crippen molar-refractivity contribution in [3.05, 3.63) is 28.8 Å². The predicted molar refractivity (Wildman–Crippen MR) is 76.5 cm³/mol. The second kappa shape index (κ2) is 7.03. The summed E-state index contributed by atoms with van der Waals surface area (Å²) in [7, 11) is -0.748. The van der Waals surface area contributed by atoms with Crippen LogP contribution in [0, 0.1) is 0 Å². The summed E-state index contributed by atoms with van der Waals surface area (Å²) in [4.78, 5) is 11.3. The molecule has 1 atom stereocenters. The summed E-state index contributed by atoms with van der Waals surface area (Å²) in [5.74, 6) is -0.576. The Kier molecular flexibility index (Phi) is 5.94. The van der Waals surface area contributed by atoms with E-state index in [0.29, 0.717) is 0 Å². The first-order valence-corrected chi connectivity index (χ1v) is 7.72. The van der Waals surface area contributed by atoms with Crippen molar-refractivity contribution in [2.75, 3.05) is 20.7 Å². The van der Waals surface area contributed by atoms with Crippen molar-refractivity contribution in [1.29, 1.82) is 0 Å². The highest BCUT2D eigenvalue weighted by molar-refractivity contribution is 7.89. The van der Waals surface area contributed by atoms with Gasteiger partial charge in [0.2, 0.25) is 10.0 Å². The minimum absolute atomic E-state index is 0.0158. The van der Waals surface area contributed by atoms with E-state index in [9.17, 15) is 13.2 Å². The number of methoxy groups -OCH3 is 1. The maximum absolute atomic E-state index is 12.1. The SMILES string of the molecule is CNC(C)CNS(=O)(=O)c1ccc(C(=O)OC)cc1Cl. The monoisotopic (exact) mass is 320 g/mol. The van der Waals surface area contributed by atoms with Crippen molar-refractivity contribution in [2.45, 2.75) is 17.9 Å². The molecule has 6 nitrogen and oxygen atoms in total. The Balaban J connectivity index is 2.99. The number of sulfonamides is 1. The number of carbonyl (C=O) groups excluding carboxylic acids is 1. The second-order valence-corrected chi connectivity index (χ2v) is 6.32. The fourth-order valence-electron chi connectivity index (χ4n) is 1.38. The summed E-state index contributed by atoms with van der Waals surface area (Å²) in [6, 6.07) is 3.89. The van der Waals surface area contributed by atoms with E-state index in [1.807, 2.05) is 6.92 Å². The zero-order valence-electron chi connectivity index (χ0n) is 11.4. The van der Waals surface area contributed by atoms with Crippen LogP contribution in [0.5, 0.6) is 0 Å². The Bertz CT molecular complexity index is 589. The molecule has 0 heterocycles. The van der Waals surface area contributed by atoms with Crippen LogP contribution < -0.4 is 10.0 Å². The summed E-state index contributed by atoms with van der Waals surface area (Å²) in [6.07, 6.45) is 0. The van der Waals surface area contributed by atoms with E-state index in [1.54, 1.807) is 7.05 Å². The molecule has 0 bridgehead atoms. The molecule has 0 radical (unpaired) electrons. The molecule has 1 aromatic rings. The highest BCUT2D eigenvalue weighted by Gasteiger charge is 2.20. The molecule has 20 heavy (non-hydrogen) atoms.